The molecule has 3 rings (SSSR count). The summed E-state index contributed by atoms with van der Waals surface area (Å²) < 4.78 is 10.5. The van der Waals surface area contributed by atoms with Crippen molar-refractivity contribution in [2.75, 3.05) is 13.2 Å². The average Bonchev–Trinajstić information content (AvgIpc) is 2.68. The van der Waals surface area contributed by atoms with Crippen LogP contribution in [0.4, 0.5) is 5.69 Å². The Labute approximate surface area is 155 Å². The Morgan fingerprint density at radius 3 is 2.74 bits per heavy atom. The Morgan fingerprint density at radius 1 is 1.26 bits per heavy atom. The van der Waals surface area contributed by atoms with E-state index in [0.717, 1.165) is 17.7 Å². The first-order valence-electron chi connectivity index (χ1n) is 8.48. The fourth-order valence-electron chi connectivity index (χ4n) is 2.91. The monoisotopic (exact) mass is 370 g/mol. The summed E-state index contributed by atoms with van der Waals surface area (Å²) in [5.41, 5.74) is 0.478. The Kier molecular flexibility index (Phi) is 5.35. The van der Waals surface area contributed by atoms with Gasteiger partial charge in [0.05, 0.1) is 29.7 Å². The molecule has 8 heteroatoms. The van der Waals surface area contributed by atoms with Crippen LogP contribution in [0.2, 0.25) is 0 Å². The van der Waals surface area contributed by atoms with Crippen molar-refractivity contribution < 1.29 is 24.0 Å². The van der Waals surface area contributed by atoms with Gasteiger partial charge in [0.2, 0.25) is 0 Å². The maximum absolute atomic E-state index is 12.7. The smallest absolute Gasteiger partial charge is 0.338 e. The van der Waals surface area contributed by atoms with Gasteiger partial charge in [-0.2, -0.15) is 0 Å². The van der Waals surface area contributed by atoms with E-state index in [-0.39, 0.29) is 29.5 Å². The summed E-state index contributed by atoms with van der Waals surface area (Å²) in [6.07, 6.45) is 0.572. The molecule has 0 bridgehead atoms. The minimum atomic E-state index is -0.716. The Bertz CT molecular complexity index is 896. The average molecular weight is 370 g/mol. The molecule has 140 valence electrons. The van der Waals surface area contributed by atoms with Crippen molar-refractivity contribution in [3.63, 3.8) is 0 Å². The number of hydrogen-bond acceptors (Lipinski definition) is 6. The van der Waals surface area contributed by atoms with Gasteiger partial charge in [-0.25, -0.2) is 4.79 Å². The molecule has 0 aromatic heterocycles. The second-order valence-electron chi connectivity index (χ2n) is 5.95. The first-order valence-corrected chi connectivity index (χ1v) is 8.48. The van der Waals surface area contributed by atoms with E-state index in [1.165, 1.54) is 6.07 Å². The van der Waals surface area contributed by atoms with E-state index < -0.39 is 16.8 Å². The van der Waals surface area contributed by atoms with Gasteiger partial charge >= 0.3 is 5.97 Å². The van der Waals surface area contributed by atoms with Crippen LogP contribution in [0, 0.1) is 10.1 Å². The van der Waals surface area contributed by atoms with Crippen LogP contribution >= 0.6 is 0 Å². The summed E-state index contributed by atoms with van der Waals surface area (Å²) in [6.45, 7) is 2.21. The summed E-state index contributed by atoms with van der Waals surface area (Å²) >= 11 is 0. The molecule has 0 saturated heterocycles. The Morgan fingerprint density at radius 2 is 2.00 bits per heavy atom. The van der Waals surface area contributed by atoms with Gasteiger partial charge < -0.3 is 14.8 Å². The lowest BCUT2D eigenvalue weighted by molar-refractivity contribution is -0.384. The molecule has 0 spiro atoms. The van der Waals surface area contributed by atoms with Crippen molar-refractivity contribution in [2.24, 2.45) is 0 Å². The van der Waals surface area contributed by atoms with E-state index in [0.29, 0.717) is 18.8 Å². The SMILES string of the molecule is CCOC(=O)c1cc(C(=O)NC2CCOc3ccccc32)cc([N+](=O)[O-])c1. The summed E-state index contributed by atoms with van der Waals surface area (Å²) in [7, 11) is 0. The summed E-state index contributed by atoms with van der Waals surface area (Å²) in [5, 5.41) is 14.0. The van der Waals surface area contributed by atoms with E-state index in [1.807, 2.05) is 24.3 Å². The maximum Gasteiger partial charge on any atom is 0.338 e. The summed E-state index contributed by atoms with van der Waals surface area (Å²) in [5.74, 6) is -0.530. The van der Waals surface area contributed by atoms with Crippen LogP contribution in [0.1, 0.15) is 45.7 Å². The number of carbonyl (C=O) groups excluding carboxylic acids is 2. The van der Waals surface area contributed by atoms with Crippen LogP contribution in [0.5, 0.6) is 5.75 Å². The summed E-state index contributed by atoms with van der Waals surface area (Å²) in [6, 6.07) is 10.6. The fraction of sp³-hybridized carbons (Fsp3) is 0.263. The third kappa shape index (κ3) is 4.05. The van der Waals surface area contributed by atoms with Crippen molar-refractivity contribution in [1.82, 2.24) is 5.32 Å². The molecule has 1 aliphatic rings. The van der Waals surface area contributed by atoms with Crippen LogP contribution < -0.4 is 10.1 Å². The number of amides is 1. The van der Waals surface area contributed by atoms with Gasteiger partial charge in [-0.3, -0.25) is 14.9 Å². The van der Waals surface area contributed by atoms with Gasteiger partial charge in [0, 0.05) is 29.7 Å². The number of non-ortho nitro benzene ring substituents is 1. The molecule has 1 unspecified atom stereocenters. The Hall–Kier alpha value is -3.42. The van der Waals surface area contributed by atoms with E-state index in [1.54, 1.807) is 6.92 Å². The summed E-state index contributed by atoms with van der Waals surface area (Å²) in [4.78, 5) is 35.2. The van der Waals surface area contributed by atoms with Gasteiger partial charge in [0.1, 0.15) is 5.75 Å². The molecule has 8 nitrogen and oxygen atoms in total. The zero-order valence-electron chi connectivity index (χ0n) is 14.6. The molecule has 1 N–H and O–H groups in total. The number of esters is 1. The molecule has 27 heavy (non-hydrogen) atoms. The number of nitro groups is 1. The van der Waals surface area contributed by atoms with Gasteiger partial charge in [-0.1, -0.05) is 18.2 Å². The van der Waals surface area contributed by atoms with Crippen molar-refractivity contribution in [3.05, 3.63) is 69.3 Å². The highest BCUT2D eigenvalue weighted by Crippen LogP contribution is 2.32. The third-order valence-electron chi connectivity index (χ3n) is 4.17. The molecule has 0 saturated carbocycles. The Balaban J connectivity index is 1.88. The maximum atomic E-state index is 12.7. The molecule has 2 aromatic rings. The molecular weight excluding hydrogens is 352 g/mol. The van der Waals surface area contributed by atoms with Crippen molar-refractivity contribution in [1.29, 1.82) is 0 Å². The number of carbonyl (C=O) groups is 2. The molecule has 0 radical (unpaired) electrons. The number of fused-ring (bicyclic) bond motifs is 1. The van der Waals surface area contributed by atoms with Crippen LogP contribution in [-0.2, 0) is 4.74 Å². The molecule has 0 fully saturated rings. The zero-order chi connectivity index (χ0) is 19.4. The van der Waals surface area contributed by atoms with Crippen LogP contribution in [0.25, 0.3) is 0 Å². The van der Waals surface area contributed by atoms with Crippen LogP contribution in [-0.4, -0.2) is 30.0 Å². The van der Waals surface area contributed by atoms with Crippen molar-refractivity contribution in [3.8, 4) is 5.75 Å². The van der Waals surface area contributed by atoms with E-state index in [4.69, 9.17) is 9.47 Å². The van der Waals surface area contributed by atoms with Crippen molar-refractivity contribution in [2.45, 2.75) is 19.4 Å². The van der Waals surface area contributed by atoms with E-state index >= 15 is 0 Å². The number of ether oxygens (including phenoxy) is 2. The largest absolute Gasteiger partial charge is 0.493 e. The number of nitrogens with one attached hydrogen (secondary N) is 1. The van der Waals surface area contributed by atoms with Gasteiger partial charge in [-0.15, -0.1) is 0 Å². The molecule has 1 aliphatic heterocycles. The normalized spacial score (nSPS) is 15.2. The molecule has 2 aromatic carbocycles. The number of nitrogens with zero attached hydrogens (tertiary/aromatic N) is 1. The second-order valence-corrected chi connectivity index (χ2v) is 5.95. The number of benzene rings is 2. The molecular formula is C19H18N2O6. The highest BCUT2D eigenvalue weighted by atomic mass is 16.6. The lowest BCUT2D eigenvalue weighted by Gasteiger charge is -2.26. The standard InChI is InChI=1S/C19H18N2O6/c1-2-26-19(23)13-9-12(10-14(11-13)21(24)25)18(22)20-16-7-8-27-17-6-4-3-5-15(16)17/h3-6,9-11,16H,2,7-8H2,1H3,(H,20,22). The first kappa shape index (κ1) is 18.4. The number of hydrogen-bond donors (Lipinski definition) is 1. The molecule has 0 aliphatic carbocycles. The fourth-order valence-corrected chi connectivity index (χ4v) is 2.91. The van der Waals surface area contributed by atoms with Gasteiger partial charge in [-0.05, 0) is 19.1 Å². The number of para-hydroxylation sites is 1. The predicted molar refractivity (Wildman–Crippen MR) is 95.8 cm³/mol. The van der Waals surface area contributed by atoms with E-state index in [9.17, 15) is 19.7 Å². The highest BCUT2D eigenvalue weighted by molar-refractivity contribution is 5.99. The third-order valence-corrected chi connectivity index (χ3v) is 4.17. The topological polar surface area (TPSA) is 108 Å². The highest BCUT2D eigenvalue weighted by Gasteiger charge is 2.25. The number of nitro benzene ring substituents is 1. The molecule has 1 heterocycles. The minimum absolute atomic E-state index is 0.0243. The molecule has 1 atom stereocenters. The predicted octanol–water partition coefficient (Wildman–Crippen LogP) is 3.03. The molecule has 1 amide bonds. The van der Waals surface area contributed by atoms with Gasteiger partial charge in [0.15, 0.2) is 0 Å². The lowest BCUT2D eigenvalue weighted by Crippen LogP contribution is -2.32. The van der Waals surface area contributed by atoms with E-state index in [2.05, 4.69) is 5.32 Å². The quantitative estimate of drug-likeness (QED) is 0.492. The van der Waals surface area contributed by atoms with Crippen LogP contribution in [0.15, 0.2) is 42.5 Å². The first-order chi connectivity index (χ1) is 13.0. The lowest BCUT2D eigenvalue weighted by atomic mass is 10.00. The second kappa shape index (κ2) is 7.86. The van der Waals surface area contributed by atoms with Crippen molar-refractivity contribution >= 4 is 17.6 Å². The minimum Gasteiger partial charge on any atom is -0.493 e. The number of rotatable bonds is 5. The van der Waals surface area contributed by atoms with Crippen LogP contribution in [0.3, 0.4) is 0 Å². The van der Waals surface area contributed by atoms with Gasteiger partial charge in [0.25, 0.3) is 11.6 Å². The zero-order valence-corrected chi connectivity index (χ0v) is 14.6.